The number of aryl methyl sites for hydroxylation is 2. The molecular weight excluding hydrogens is 270 g/mol. The molecule has 1 rings (SSSR count). The van der Waals surface area contributed by atoms with Crippen molar-refractivity contribution in [1.82, 2.24) is 4.72 Å². The lowest BCUT2D eigenvalue weighted by molar-refractivity contribution is -0.138. The van der Waals surface area contributed by atoms with Crippen molar-refractivity contribution in [2.75, 3.05) is 7.11 Å². The summed E-state index contributed by atoms with van der Waals surface area (Å²) in [6.45, 7) is 4.54. The van der Waals surface area contributed by atoms with Crippen LogP contribution in [0.5, 0.6) is 5.75 Å². The smallest absolute Gasteiger partial charge is 0.321 e. The lowest BCUT2D eigenvalue weighted by atomic mass is 10.1. The molecule has 0 aliphatic heterocycles. The van der Waals surface area contributed by atoms with Gasteiger partial charge in [0.1, 0.15) is 11.8 Å². The highest BCUT2D eigenvalue weighted by molar-refractivity contribution is 7.89. The van der Waals surface area contributed by atoms with E-state index in [2.05, 4.69) is 4.72 Å². The summed E-state index contributed by atoms with van der Waals surface area (Å²) >= 11 is 0. The van der Waals surface area contributed by atoms with Gasteiger partial charge in [-0.05, 0) is 44.0 Å². The van der Waals surface area contributed by atoms with E-state index in [0.29, 0.717) is 16.9 Å². The van der Waals surface area contributed by atoms with Crippen LogP contribution in [0.2, 0.25) is 0 Å². The molecule has 19 heavy (non-hydrogen) atoms. The Labute approximate surface area is 112 Å². The summed E-state index contributed by atoms with van der Waals surface area (Å²) in [5.41, 5.74) is 1.00. The number of rotatable bonds is 5. The van der Waals surface area contributed by atoms with E-state index in [1.165, 1.54) is 14.0 Å². The molecule has 0 aliphatic rings. The van der Waals surface area contributed by atoms with Gasteiger partial charge in [0, 0.05) is 0 Å². The Morgan fingerprint density at radius 3 is 2.16 bits per heavy atom. The van der Waals surface area contributed by atoms with Crippen molar-refractivity contribution in [3.8, 4) is 5.75 Å². The first-order chi connectivity index (χ1) is 8.69. The van der Waals surface area contributed by atoms with Gasteiger partial charge in [-0.2, -0.15) is 4.72 Å². The third kappa shape index (κ3) is 3.45. The molecule has 0 radical (unpaired) electrons. The molecule has 0 unspecified atom stereocenters. The molecule has 0 saturated carbocycles. The molecule has 0 amide bonds. The van der Waals surface area contributed by atoms with Gasteiger partial charge in [-0.3, -0.25) is 4.79 Å². The van der Waals surface area contributed by atoms with Crippen LogP contribution in [-0.2, 0) is 14.8 Å². The lowest BCUT2D eigenvalue weighted by Gasteiger charge is -2.15. The largest absolute Gasteiger partial charge is 0.497 e. The van der Waals surface area contributed by atoms with Gasteiger partial charge in [-0.1, -0.05) is 0 Å². The Balaban J connectivity index is 3.26. The number of sulfonamides is 1. The van der Waals surface area contributed by atoms with E-state index >= 15 is 0 Å². The topological polar surface area (TPSA) is 92.7 Å². The maximum absolute atomic E-state index is 12.2. The molecule has 1 aromatic carbocycles. The van der Waals surface area contributed by atoms with Crippen LogP contribution in [-0.4, -0.2) is 32.6 Å². The van der Waals surface area contributed by atoms with Crippen LogP contribution in [0.1, 0.15) is 18.1 Å². The highest BCUT2D eigenvalue weighted by Crippen LogP contribution is 2.25. The quantitative estimate of drug-likeness (QED) is 0.845. The van der Waals surface area contributed by atoms with Crippen LogP contribution in [0, 0.1) is 13.8 Å². The highest BCUT2D eigenvalue weighted by atomic mass is 32.2. The van der Waals surface area contributed by atoms with E-state index in [-0.39, 0.29) is 4.90 Å². The van der Waals surface area contributed by atoms with Crippen molar-refractivity contribution in [2.45, 2.75) is 31.7 Å². The predicted molar refractivity (Wildman–Crippen MR) is 69.9 cm³/mol. The van der Waals surface area contributed by atoms with E-state index in [4.69, 9.17) is 9.84 Å². The van der Waals surface area contributed by atoms with Crippen molar-refractivity contribution in [3.63, 3.8) is 0 Å². The summed E-state index contributed by atoms with van der Waals surface area (Å²) in [7, 11) is -2.38. The van der Waals surface area contributed by atoms with Crippen molar-refractivity contribution in [3.05, 3.63) is 23.3 Å². The number of aliphatic carboxylic acids is 1. The Kier molecular flexibility index (Phi) is 4.54. The fourth-order valence-corrected chi connectivity index (χ4v) is 3.44. The average Bonchev–Trinajstić information content (AvgIpc) is 2.26. The summed E-state index contributed by atoms with van der Waals surface area (Å²) in [4.78, 5) is 10.8. The zero-order chi connectivity index (χ0) is 14.8. The third-order valence-electron chi connectivity index (χ3n) is 2.64. The minimum absolute atomic E-state index is 0.0846. The Morgan fingerprint density at radius 2 is 1.79 bits per heavy atom. The second kappa shape index (κ2) is 5.58. The maximum atomic E-state index is 12.2. The normalized spacial score (nSPS) is 13.1. The highest BCUT2D eigenvalue weighted by Gasteiger charge is 2.25. The van der Waals surface area contributed by atoms with Crippen LogP contribution in [0.15, 0.2) is 17.0 Å². The number of carbonyl (C=O) groups is 1. The molecule has 1 atom stereocenters. The SMILES string of the molecule is COc1cc(C)c(S(=O)(=O)N[C@@H](C)C(=O)O)c(C)c1. The number of nitrogens with one attached hydrogen (secondary N) is 1. The van der Waals surface area contributed by atoms with Gasteiger partial charge in [-0.15, -0.1) is 0 Å². The summed E-state index contributed by atoms with van der Waals surface area (Å²) in [5.74, 6) is -0.673. The Bertz CT molecular complexity index is 571. The van der Waals surface area contributed by atoms with E-state index in [0.717, 1.165) is 0 Å². The molecule has 0 heterocycles. The standard InChI is InChI=1S/C12H17NO5S/c1-7-5-10(18-4)6-8(2)11(7)19(16,17)13-9(3)12(14)15/h5-6,9,13H,1-4H3,(H,14,15)/t9-/m0/s1. The molecule has 0 bridgehead atoms. The molecule has 0 aromatic heterocycles. The summed E-state index contributed by atoms with van der Waals surface area (Å²) in [6.07, 6.45) is 0. The molecular formula is C12H17NO5S. The third-order valence-corrected chi connectivity index (χ3v) is 4.49. The van der Waals surface area contributed by atoms with Gasteiger partial charge in [0.25, 0.3) is 0 Å². The molecule has 2 N–H and O–H groups in total. The number of benzene rings is 1. The van der Waals surface area contributed by atoms with E-state index in [9.17, 15) is 13.2 Å². The summed E-state index contributed by atoms with van der Waals surface area (Å²) in [6, 6.07) is 1.99. The second-order valence-corrected chi connectivity index (χ2v) is 5.92. The number of carboxylic acid groups (broad SMARTS) is 1. The molecule has 0 fully saturated rings. The zero-order valence-electron chi connectivity index (χ0n) is 11.2. The maximum Gasteiger partial charge on any atom is 0.321 e. The minimum atomic E-state index is -3.88. The van der Waals surface area contributed by atoms with Crippen LogP contribution < -0.4 is 9.46 Å². The fraction of sp³-hybridized carbons (Fsp3) is 0.417. The van der Waals surface area contributed by atoms with Gasteiger partial charge >= 0.3 is 5.97 Å². The van der Waals surface area contributed by atoms with E-state index < -0.39 is 22.0 Å². The Hall–Kier alpha value is -1.60. The van der Waals surface area contributed by atoms with Crippen molar-refractivity contribution in [1.29, 1.82) is 0 Å². The van der Waals surface area contributed by atoms with Crippen LogP contribution >= 0.6 is 0 Å². The first-order valence-electron chi connectivity index (χ1n) is 5.59. The lowest BCUT2D eigenvalue weighted by Crippen LogP contribution is -2.38. The van der Waals surface area contributed by atoms with Gasteiger partial charge in [0.05, 0.1) is 12.0 Å². The monoisotopic (exact) mass is 287 g/mol. The molecule has 6 nitrogen and oxygen atoms in total. The van der Waals surface area contributed by atoms with Crippen LogP contribution in [0.4, 0.5) is 0 Å². The molecule has 0 aliphatic carbocycles. The first-order valence-corrected chi connectivity index (χ1v) is 7.07. The van der Waals surface area contributed by atoms with Crippen molar-refractivity contribution in [2.24, 2.45) is 0 Å². The van der Waals surface area contributed by atoms with E-state index in [1.54, 1.807) is 26.0 Å². The molecule has 7 heteroatoms. The number of hydrogen-bond donors (Lipinski definition) is 2. The Morgan fingerprint density at radius 1 is 1.32 bits per heavy atom. The van der Waals surface area contributed by atoms with Crippen molar-refractivity contribution >= 4 is 16.0 Å². The number of methoxy groups -OCH3 is 1. The van der Waals surface area contributed by atoms with Gasteiger partial charge in [0.15, 0.2) is 0 Å². The van der Waals surface area contributed by atoms with Crippen molar-refractivity contribution < 1.29 is 23.1 Å². The minimum Gasteiger partial charge on any atom is -0.497 e. The predicted octanol–water partition coefficient (Wildman–Crippen LogP) is 1.06. The van der Waals surface area contributed by atoms with Crippen LogP contribution in [0.3, 0.4) is 0 Å². The van der Waals surface area contributed by atoms with Gasteiger partial charge in [-0.25, -0.2) is 8.42 Å². The molecule has 0 saturated heterocycles. The first kappa shape index (κ1) is 15.5. The van der Waals surface area contributed by atoms with Crippen LogP contribution in [0.25, 0.3) is 0 Å². The zero-order valence-corrected chi connectivity index (χ0v) is 12.0. The second-order valence-electron chi connectivity index (χ2n) is 4.27. The number of ether oxygens (including phenoxy) is 1. The summed E-state index contributed by atoms with van der Waals surface area (Å²) in [5, 5.41) is 8.77. The number of hydrogen-bond acceptors (Lipinski definition) is 4. The van der Waals surface area contributed by atoms with Gasteiger partial charge < -0.3 is 9.84 Å². The fourth-order valence-electron chi connectivity index (χ4n) is 1.79. The van der Waals surface area contributed by atoms with E-state index in [1.807, 2.05) is 0 Å². The number of carboxylic acids is 1. The summed E-state index contributed by atoms with van der Waals surface area (Å²) < 4.78 is 31.5. The molecule has 1 aromatic rings. The average molecular weight is 287 g/mol. The molecule has 0 spiro atoms. The van der Waals surface area contributed by atoms with Gasteiger partial charge in [0.2, 0.25) is 10.0 Å². The molecule has 106 valence electrons.